The first-order valence-corrected chi connectivity index (χ1v) is 5.88. The first-order valence-electron chi connectivity index (χ1n) is 4.76. The second-order valence-corrected chi connectivity index (χ2v) is 3.55. The van der Waals surface area contributed by atoms with Gasteiger partial charge in [0, 0.05) is 18.5 Å². The van der Waals surface area contributed by atoms with E-state index in [0.717, 1.165) is 31.6 Å². The highest BCUT2D eigenvalue weighted by molar-refractivity contribution is 9.09. The third kappa shape index (κ3) is 10.4. The fourth-order valence-corrected chi connectivity index (χ4v) is 1.09. The lowest BCUT2D eigenvalue weighted by Crippen LogP contribution is -2.21. The van der Waals surface area contributed by atoms with Gasteiger partial charge in [-0.15, -0.1) is 0 Å². The first-order chi connectivity index (χ1) is 5.91. The molecule has 0 saturated heterocycles. The molecule has 1 N–H and O–H groups in total. The van der Waals surface area contributed by atoms with Crippen molar-refractivity contribution in [3.63, 3.8) is 0 Å². The van der Waals surface area contributed by atoms with Crippen LogP contribution in [-0.4, -0.2) is 31.6 Å². The third-order valence-electron chi connectivity index (χ3n) is 1.55. The summed E-state index contributed by atoms with van der Waals surface area (Å²) in [6.07, 6.45) is 3.59. The number of alkyl halides is 1. The summed E-state index contributed by atoms with van der Waals surface area (Å²) in [6, 6.07) is 0. The molecule has 74 valence electrons. The predicted molar refractivity (Wildman–Crippen MR) is 57.0 cm³/mol. The van der Waals surface area contributed by atoms with Crippen molar-refractivity contribution in [3.05, 3.63) is 0 Å². The van der Waals surface area contributed by atoms with Crippen LogP contribution in [0.15, 0.2) is 0 Å². The van der Waals surface area contributed by atoms with Crippen LogP contribution in [-0.2, 0) is 4.74 Å². The molecule has 0 aliphatic heterocycles. The van der Waals surface area contributed by atoms with E-state index in [-0.39, 0.29) is 0 Å². The molecule has 3 heteroatoms. The number of hydrogen-bond acceptors (Lipinski definition) is 2. The summed E-state index contributed by atoms with van der Waals surface area (Å²) in [6.45, 7) is 6.01. The van der Waals surface area contributed by atoms with Crippen LogP contribution in [0.2, 0.25) is 0 Å². The maximum Gasteiger partial charge on any atom is 0.0590 e. The Morgan fingerprint density at radius 1 is 1.17 bits per heavy atom. The van der Waals surface area contributed by atoms with Crippen LogP contribution in [0.3, 0.4) is 0 Å². The zero-order chi connectivity index (χ0) is 9.07. The van der Waals surface area contributed by atoms with E-state index in [0.29, 0.717) is 0 Å². The van der Waals surface area contributed by atoms with Gasteiger partial charge in [0.1, 0.15) is 0 Å². The molecule has 0 radical (unpaired) electrons. The van der Waals surface area contributed by atoms with Crippen molar-refractivity contribution in [3.8, 4) is 0 Å². The van der Waals surface area contributed by atoms with Crippen LogP contribution in [0.25, 0.3) is 0 Å². The van der Waals surface area contributed by atoms with E-state index in [4.69, 9.17) is 4.74 Å². The maximum atomic E-state index is 5.38. The standard InChI is InChI=1S/C9H20BrNO/c1-2-3-8-12-9-7-11-6-4-5-10/h11H,2-9H2,1H3. The molecule has 12 heavy (non-hydrogen) atoms. The molecule has 0 aliphatic carbocycles. The van der Waals surface area contributed by atoms with Gasteiger partial charge in [0.05, 0.1) is 6.61 Å². The highest BCUT2D eigenvalue weighted by Gasteiger charge is 1.88. The first kappa shape index (κ1) is 12.4. The molecular formula is C9H20BrNO. The molecule has 0 aromatic carbocycles. The van der Waals surface area contributed by atoms with Crippen LogP contribution in [0, 0.1) is 0 Å². The number of hydrogen-bond donors (Lipinski definition) is 1. The van der Waals surface area contributed by atoms with Crippen LogP contribution < -0.4 is 5.32 Å². The minimum absolute atomic E-state index is 0.849. The smallest absolute Gasteiger partial charge is 0.0590 e. The summed E-state index contributed by atoms with van der Waals surface area (Å²) >= 11 is 3.38. The van der Waals surface area contributed by atoms with Crippen molar-refractivity contribution in [2.45, 2.75) is 26.2 Å². The van der Waals surface area contributed by atoms with E-state index < -0.39 is 0 Å². The van der Waals surface area contributed by atoms with Gasteiger partial charge in [-0.1, -0.05) is 29.3 Å². The Bertz CT molecular complexity index is 70.9. The van der Waals surface area contributed by atoms with Gasteiger partial charge in [0.15, 0.2) is 0 Å². The van der Waals surface area contributed by atoms with Crippen molar-refractivity contribution < 1.29 is 4.74 Å². The Hall–Kier alpha value is 0.400. The van der Waals surface area contributed by atoms with Crippen LogP contribution in [0.5, 0.6) is 0 Å². The van der Waals surface area contributed by atoms with Gasteiger partial charge in [0.2, 0.25) is 0 Å². The number of nitrogens with one attached hydrogen (secondary N) is 1. The molecule has 2 nitrogen and oxygen atoms in total. The van der Waals surface area contributed by atoms with Gasteiger partial charge in [-0.3, -0.25) is 0 Å². The molecule has 0 rings (SSSR count). The summed E-state index contributed by atoms with van der Waals surface area (Å²) in [7, 11) is 0. The van der Waals surface area contributed by atoms with Gasteiger partial charge in [0.25, 0.3) is 0 Å². The van der Waals surface area contributed by atoms with Crippen LogP contribution in [0.1, 0.15) is 26.2 Å². The van der Waals surface area contributed by atoms with Gasteiger partial charge >= 0.3 is 0 Å². The molecule has 0 atom stereocenters. The Kier molecular flexibility index (Phi) is 11.8. The van der Waals surface area contributed by atoms with Crippen LogP contribution >= 0.6 is 15.9 Å². The summed E-state index contributed by atoms with van der Waals surface area (Å²) in [5, 5.41) is 4.39. The third-order valence-corrected chi connectivity index (χ3v) is 2.11. The monoisotopic (exact) mass is 237 g/mol. The Labute approximate surface area is 84.2 Å². The average Bonchev–Trinajstić information content (AvgIpc) is 2.10. The van der Waals surface area contributed by atoms with Gasteiger partial charge in [-0.05, 0) is 19.4 Å². The summed E-state index contributed by atoms with van der Waals surface area (Å²) in [5.41, 5.74) is 0. The summed E-state index contributed by atoms with van der Waals surface area (Å²) < 4.78 is 5.38. The molecule has 0 aromatic heterocycles. The van der Waals surface area contributed by atoms with E-state index in [1.165, 1.54) is 19.3 Å². The molecule has 0 heterocycles. The molecule has 0 spiro atoms. The molecule has 0 unspecified atom stereocenters. The normalized spacial score (nSPS) is 10.5. The number of halogens is 1. The molecule has 0 aliphatic rings. The van der Waals surface area contributed by atoms with Crippen LogP contribution in [0.4, 0.5) is 0 Å². The highest BCUT2D eigenvalue weighted by atomic mass is 79.9. The van der Waals surface area contributed by atoms with E-state index in [1.54, 1.807) is 0 Å². The Morgan fingerprint density at radius 3 is 2.67 bits per heavy atom. The Morgan fingerprint density at radius 2 is 2.00 bits per heavy atom. The number of ether oxygens (including phenoxy) is 1. The quantitative estimate of drug-likeness (QED) is 0.491. The summed E-state index contributed by atoms with van der Waals surface area (Å²) in [4.78, 5) is 0. The van der Waals surface area contributed by atoms with Crippen molar-refractivity contribution in [1.29, 1.82) is 0 Å². The largest absolute Gasteiger partial charge is 0.380 e. The second kappa shape index (κ2) is 11.4. The fourth-order valence-electron chi connectivity index (χ4n) is 0.810. The van der Waals surface area contributed by atoms with E-state index >= 15 is 0 Å². The highest BCUT2D eigenvalue weighted by Crippen LogP contribution is 1.87. The maximum absolute atomic E-state index is 5.38. The molecule has 0 aromatic rings. The van der Waals surface area contributed by atoms with Gasteiger partial charge in [-0.2, -0.15) is 0 Å². The minimum Gasteiger partial charge on any atom is -0.380 e. The topological polar surface area (TPSA) is 21.3 Å². The minimum atomic E-state index is 0.849. The SMILES string of the molecule is CCCCOCCNCCCBr. The lowest BCUT2D eigenvalue weighted by Gasteiger charge is -2.04. The molecule has 0 fully saturated rings. The number of rotatable bonds is 9. The average molecular weight is 238 g/mol. The zero-order valence-corrected chi connectivity index (χ0v) is 9.53. The lowest BCUT2D eigenvalue weighted by molar-refractivity contribution is 0.133. The lowest BCUT2D eigenvalue weighted by atomic mass is 10.4. The number of unbranched alkanes of at least 4 members (excludes halogenated alkanes) is 1. The zero-order valence-electron chi connectivity index (χ0n) is 7.94. The van der Waals surface area contributed by atoms with Crippen molar-refractivity contribution >= 4 is 15.9 Å². The van der Waals surface area contributed by atoms with Crippen molar-refractivity contribution in [1.82, 2.24) is 5.32 Å². The molecular weight excluding hydrogens is 218 g/mol. The summed E-state index contributed by atoms with van der Waals surface area (Å²) in [5.74, 6) is 0. The van der Waals surface area contributed by atoms with E-state index in [9.17, 15) is 0 Å². The molecule has 0 amide bonds. The molecule has 0 bridgehead atoms. The van der Waals surface area contributed by atoms with Crippen molar-refractivity contribution in [2.24, 2.45) is 0 Å². The van der Waals surface area contributed by atoms with Gasteiger partial charge < -0.3 is 10.1 Å². The molecule has 0 saturated carbocycles. The predicted octanol–water partition coefficient (Wildman–Crippen LogP) is 2.18. The van der Waals surface area contributed by atoms with E-state index in [2.05, 4.69) is 28.2 Å². The Balaban J connectivity index is 2.73. The van der Waals surface area contributed by atoms with Crippen molar-refractivity contribution in [2.75, 3.05) is 31.6 Å². The van der Waals surface area contributed by atoms with Gasteiger partial charge in [-0.25, -0.2) is 0 Å². The fraction of sp³-hybridized carbons (Fsp3) is 1.00. The second-order valence-electron chi connectivity index (χ2n) is 2.76. The van der Waals surface area contributed by atoms with E-state index in [1.807, 2.05) is 0 Å².